The molecule has 0 spiro atoms. The highest BCUT2D eigenvalue weighted by Crippen LogP contribution is 2.10. The zero-order chi connectivity index (χ0) is 12.0. The molecule has 4 N–H and O–H groups in total. The number of benzene rings is 1. The molecule has 0 amide bonds. The molecule has 1 aromatic carbocycles. The van der Waals surface area contributed by atoms with Crippen molar-refractivity contribution in [2.45, 2.75) is 13.5 Å². The van der Waals surface area contributed by atoms with Gasteiger partial charge < -0.3 is 10.8 Å². The van der Waals surface area contributed by atoms with Gasteiger partial charge in [-0.3, -0.25) is 10.3 Å². The van der Waals surface area contributed by atoms with Crippen LogP contribution in [0.3, 0.4) is 0 Å². The molecule has 0 radical (unpaired) electrons. The number of nitrogens with one attached hydrogen (secondary N) is 1. The fraction of sp³-hybridized carbons (Fsp3) is 0.417. The van der Waals surface area contributed by atoms with E-state index < -0.39 is 0 Å². The van der Waals surface area contributed by atoms with Crippen LogP contribution in [0.4, 0.5) is 0 Å². The second-order valence-electron chi connectivity index (χ2n) is 3.66. The summed E-state index contributed by atoms with van der Waals surface area (Å²) in [6, 6.07) is 7.64. The van der Waals surface area contributed by atoms with Crippen LogP contribution in [0, 0.1) is 5.41 Å². The Morgan fingerprint density at radius 2 is 2.12 bits per heavy atom. The standard InChI is InChI=1S/C12H19N3O/c1-2-15(7-8-16)9-10-5-3-4-6-11(10)12(13)14/h3-6,16H,2,7-9H2,1H3,(H3,13,14). The van der Waals surface area contributed by atoms with Crippen LogP contribution in [0.5, 0.6) is 0 Å². The third-order valence-corrected chi connectivity index (χ3v) is 2.56. The molecule has 0 heterocycles. The minimum atomic E-state index is 0.0932. The third kappa shape index (κ3) is 3.32. The zero-order valence-corrected chi connectivity index (χ0v) is 9.61. The van der Waals surface area contributed by atoms with Gasteiger partial charge in [0, 0.05) is 18.7 Å². The highest BCUT2D eigenvalue weighted by Gasteiger charge is 2.08. The summed E-state index contributed by atoms with van der Waals surface area (Å²) in [5, 5.41) is 16.4. The zero-order valence-electron chi connectivity index (χ0n) is 9.61. The monoisotopic (exact) mass is 221 g/mol. The van der Waals surface area contributed by atoms with Gasteiger partial charge >= 0.3 is 0 Å². The smallest absolute Gasteiger partial charge is 0.123 e. The average molecular weight is 221 g/mol. The van der Waals surface area contributed by atoms with Crippen LogP contribution in [0.15, 0.2) is 24.3 Å². The second kappa shape index (κ2) is 6.25. The number of nitrogens with two attached hydrogens (primary N) is 1. The van der Waals surface area contributed by atoms with E-state index in [0.717, 1.165) is 17.7 Å². The molecule has 0 saturated carbocycles. The number of aliphatic hydroxyl groups is 1. The maximum Gasteiger partial charge on any atom is 0.123 e. The lowest BCUT2D eigenvalue weighted by molar-refractivity contribution is 0.197. The topological polar surface area (TPSA) is 73.3 Å². The summed E-state index contributed by atoms with van der Waals surface area (Å²) in [6.07, 6.45) is 0. The van der Waals surface area contributed by atoms with E-state index in [2.05, 4.69) is 4.90 Å². The quantitative estimate of drug-likeness (QED) is 0.491. The van der Waals surface area contributed by atoms with Gasteiger partial charge in [0.25, 0.3) is 0 Å². The Morgan fingerprint density at radius 3 is 2.69 bits per heavy atom. The number of rotatable bonds is 6. The van der Waals surface area contributed by atoms with E-state index in [0.29, 0.717) is 13.1 Å². The molecular weight excluding hydrogens is 202 g/mol. The molecule has 16 heavy (non-hydrogen) atoms. The summed E-state index contributed by atoms with van der Waals surface area (Å²) in [7, 11) is 0. The van der Waals surface area contributed by atoms with Gasteiger partial charge in [0.2, 0.25) is 0 Å². The van der Waals surface area contributed by atoms with Crippen molar-refractivity contribution in [2.75, 3.05) is 19.7 Å². The first-order chi connectivity index (χ1) is 7.69. The minimum Gasteiger partial charge on any atom is -0.395 e. The molecule has 4 heteroatoms. The Morgan fingerprint density at radius 1 is 1.44 bits per heavy atom. The molecule has 0 aromatic heterocycles. The van der Waals surface area contributed by atoms with Gasteiger partial charge in [0.15, 0.2) is 0 Å². The third-order valence-electron chi connectivity index (χ3n) is 2.56. The van der Waals surface area contributed by atoms with Crippen LogP contribution < -0.4 is 5.73 Å². The molecule has 0 aliphatic carbocycles. The number of hydrogen-bond donors (Lipinski definition) is 3. The maximum atomic E-state index is 8.92. The lowest BCUT2D eigenvalue weighted by atomic mass is 10.1. The second-order valence-corrected chi connectivity index (χ2v) is 3.66. The summed E-state index contributed by atoms with van der Waals surface area (Å²) in [6.45, 7) is 4.42. The molecule has 0 fully saturated rings. The van der Waals surface area contributed by atoms with Crippen molar-refractivity contribution >= 4 is 5.84 Å². The Kier molecular flexibility index (Phi) is 4.95. The lowest BCUT2D eigenvalue weighted by Crippen LogP contribution is -2.27. The number of aliphatic hydroxyl groups excluding tert-OH is 1. The predicted molar refractivity (Wildman–Crippen MR) is 65.5 cm³/mol. The molecule has 4 nitrogen and oxygen atoms in total. The number of likely N-dealkylation sites (N-methyl/N-ethyl adjacent to an activating group) is 1. The maximum absolute atomic E-state index is 8.92. The highest BCUT2D eigenvalue weighted by molar-refractivity contribution is 5.96. The van der Waals surface area contributed by atoms with Crippen LogP contribution in [-0.2, 0) is 6.54 Å². The molecule has 0 atom stereocenters. The molecule has 0 aliphatic heterocycles. The van der Waals surface area contributed by atoms with Crippen LogP contribution >= 0.6 is 0 Å². The Hall–Kier alpha value is -1.39. The summed E-state index contributed by atoms with van der Waals surface area (Å²) >= 11 is 0. The summed E-state index contributed by atoms with van der Waals surface area (Å²) < 4.78 is 0. The number of nitrogen functional groups attached to an aromatic ring is 1. The normalized spacial score (nSPS) is 10.7. The van der Waals surface area contributed by atoms with Gasteiger partial charge in [-0.2, -0.15) is 0 Å². The van der Waals surface area contributed by atoms with Gasteiger partial charge in [-0.1, -0.05) is 31.2 Å². The fourth-order valence-corrected chi connectivity index (χ4v) is 1.65. The van der Waals surface area contributed by atoms with Crippen molar-refractivity contribution in [2.24, 2.45) is 5.73 Å². The van der Waals surface area contributed by atoms with E-state index in [1.807, 2.05) is 31.2 Å². The van der Waals surface area contributed by atoms with E-state index in [9.17, 15) is 0 Å². The molecule has 1 rings (SSSR count). The average Bonchev–Trinajstić information content (AvgIpc) is 2.29. The van der Waals surface area contributed by atoms with Crippen molar-refractivity contribution in [3.05, 3.63) is 35.4 Å². The Labute approximate surface area is 96.2 Å². The van der Waals surface area contributed by atoms with Crippen molar-refractivity contribution < 1.29 is 5.11 Å². The summed E-state index contributed by atoms with van der Waals surface area (Å²) in [5.41, 5.74) is 7.33. The first-order valence-electron chi connectivity index (χ1n) is 5.44. The summed E-state index contributed by atoms with van der Waals surface area (Å²) in [5.74, 6) is 0.0932. The SMILES string of the molecule is CCN(CCO)Cc1ccccc1C(=N)N. The van der Waals surface area contributed by atoms with E-state index in [4.69, 9.17) is 16.2 Å². The molecule has 1 aromatic rings. The highest BCUT2D eigenvalue weighted by atomic mass is 16.3. The van der Waals surface area contributed by atoms with Crippen molar-refractivity contribution in [3.63, 3.8) is 0 Å². The van der Waals surface area contributed by atoms with E-state index in [1.165, 1.54) is 0 Å². The lowest BCUT2D eigenvalue weighted by Gasteiger charge is -2.20. The largest absolute Gasteiger partial charge is 0.395 e. The van der Waals surface area contributed by atoms with Gasteiger partial charge in [0.05, 0.1) is 6.61 Å². The fourth-order valence-electron chi connectivity index (χ4n) is 1.65. The van der Waals surface area contributed by atoms with E-state index in [1.54, 1.807) is 0 Å². The molecule has 0 bridgehead atoms. The molecule has 88 valence electrons. The van der Waals surface area contributed by atoms with Crippen LogP contribution in [-0.4, -0.2) is 35.5 Å². The summed E-state index contributed by atoms with van der Waals surface area (Å²) in [4.78, 5) is 2.11. The minimum absolute atomic E-state index is 0.0932. The number of nitrogens with zero attached hydrogens (tertiary/aromatic N) is 1. The van der Waals surface area contributed by atoms with Crippen LogP contribution in [0.2, 0.25) is 0 Å². The molecule has 0 aliphatic rings. The molecular formula is C12H19N3O. The Balaban J connectivity index is 2.82. The number of amidine groups is 1. The number of hydrogen-bond acceptors (Lipinski definition) is 3. The van der Waals surface area contributed by atoms with Gasteiger partial charge in [-0.25, -0.2) is 0 Å². The van der Waals surface area contributed by atoms with Crippen molar-refractivity contribution in [1.82, 2.24) is 4.90 Å². The van der Waals surface area contributed by atoms with Crippen LogP contribution in [0.25, 0.3) is 0 Å². The van der Waals surface area contributed by atoms with Gasteiger partial charge in [-0.15, -0.1) is 0 Å². The van der Waals surface area contributed by atoms with Crippen molar-refractivity contribution in [1.29, 1.82) is 5.41 Å². The van der Waals surface area contributed by atoms with Gasteiger partial charge in [0.1, 0.15) is 5.84 Å². The Bertz CT molecular complexity index is 352. The first-order valence-corrected chi connectivity index (χ1v) is 5.44. The van der Waals surface area contributed by atoms with E-state index >= 15 is 0 Å². The van der Waals surface area contributed by atoms with Crippen molar-refractivity contribution in [3.8, 4) is 0 Å². The molecule has 0 saturated heterocycles. The van der Waals surface area contributed by atoms with Crippen LogP contribution in [0.1, 0.15) is 18.1 Å². The first kappa shape index (κ1) is 12.7. The van der Waals surface area contributed by atoms with Gasteiger partial charge in [-0.05, 0) is 12.1 Å². The predicted octanol–water partition coefficient (Wildman–Crippen LogP) is 0.785. The molecule has 0 unspecified atom stereocenters. The van der Waals surface area contributed by atoms with E-state index in [-0.39, 0.29) is 12.4 Å².